The summed E-state index contributed by atoms with van der Waals surface area (Å²) in [4.78, 5) is 17.0. The van der Waals surface area contributed by atoms with E-state index in [9.17, 15) is 4.79 Å². The van der Waals surface area contributed by atoms with E-state index in [1.165, 1.54) is 17.3 Å². The SMILES string of the molecule is CCn1c(SCC(=O)N2CCN(C(C)C)CC2)nnc1-c1cccc(C)c1. The maximum Gasteiger partial charge on any atom is 0.233 e. The van der Waals surface area contributed by atoms with E-state index in [1.54, 1.807) is 0 Å². The Morgan fingerprint density at radius 1 is 1.19 bits per heavy atom. The standard InChI is InChI=1S/C20H29N5OS/c1-5-25-19(17-8-6-7-16(4)13-17)21-22-20(25)27-14-18(26)24-11-9-23(10-12-24)15(2)3/h6-8,13,15H,5,9-12,14H2,1-4H3. The van der Waals surface area contributed by atoms with Crippen LogP contribution < -0.4 is 0 Å². The smallest absolute Gasteiger partial charge is 0.233 e. The molecule has 1 aromatic carbocycles. The van der Waals surface area contributed by atoms with Gasteiger partial charge in [0.1, 0.15) is 0 Å². The highest BCUT2D eigenvalue weighted by molar-refractivity contribution is 7.99. The van der Waals surface area contributed by atoms with E-state index >= 15 is 0 Å². The summed E-state index contributed by atoms with van der Waals surface area (Å²) in [5, 5.41) is 9.53. The van der Waals surface area contributed by atoms with Gasteiger partial charge in [-0.05, 0) is 33.8 Å². The van der Waals surface area contributed by atoms with Gasteiger partial charge >= 0.3 is 0 Å². The summed E-state index contributed by atoms with van der Waals surface area (Å²) in [5.41, 5.74) is 2.26. The molecule has 0 N–H and O–H groups in total. The Labute approximate surface area is 165 Å². The molecule has 2 aromatic rings. The molecule has 0 unspecified atom stereocenters. The Morgan fingerprint density at radius 3 is 2.56 bits per heavy atom. The maximum atomic E-state index is 12.6. The van der Waals surface area contributed by atoms with Crippen LogP contribution in [0.25, 0.3) is 11.4 Å². The molecule has 146 valence electrons. The van der Waals surface area contributed by atoms with Gasteiger partial charge in [-0.25, -0.2) is 0 Å². The lowest BCUT2D eigenvalue weighted by Crippen LogP contribution is -2.51. The van der Waals surface area contributed by atoms with Crippen molar-refractivity contribution in [3.63, 3.8) is 0 Å². The highest BCUT2D eigenvalue weighted by atomic mass is 32.2. The Bertz CT molecular complexity index is 780. The average molecular weight is 388 g/mol. The first-order chi connectivity index (χ1) is 13.0. The van der Waals surface area contributed by atoms with E-state index in [2.05, 4.69) is 65.6 Å². The Balaban J connectivity index is 1.62. The number of thioether (sulfide) groups is 1. The zero-order chi connectivity index (χ0) is 19.4. The summed E-state index contributed by atoms with van der Waals surface area (Å²) in [7, 11) is 0. The average Bonchev–Trinajstić information content (AvgIpc) is 3.09. The molecule has 7 heteroatoms. The number of nitrogens with zero attached hydrogens (tertiary/aromatic N) is 5. The quantitative estimate of drug-likeness (QED) is 0.714. The normalized spacial score (nSPS) is 15.5. The van der Waals surface area contributed by atoms with Gasteiger partial charge in [0.05, 0.1) is 5.75 Å². The predicted octanol–water partition coefficient (Wildman–Crippen LogP) is 2.92. The van der Waals surface area contributed by atoms with Crippen molar-refractivity contribution in [2.45, 2.75) is 45.4 Å². The highest BCUT2D eigenvalue weighted by Crippen LogP contribution is 2.25. The van der Waals surface area contributed by atoms with Crippen LogP contribution in [0.2, 0.25) is 0 Å². The van der Waals surface area contributed by atoms with Gasteiger partial charge in [0, 0.05) is 44.3 Å². The third-order valence-electron chi connectivity index (χ3n) is 5.03. The van der Waals surface area contributed by atoms with Crippen molar-refractivity contribution in [1.82, 2.24) is 24.6 Å². The number of rotatable bonds is 6. The number of carbonyl (C=O) groups excluding carboxylic acids is 1. The number of carbonyl (C=O) groups is 1. The van der Waals surface area contributed by atoms with Crippen LogP contribution in [0.1, 0.15) is 26.3 Å². The lowest BCUT2D eigenvalue weighted by atomic mass is 10.1. The first-order valence-corrected chi connectivity index (χ1v) is 10.6. The van der Waals surface area contributed by atoms with Gasteiger partial charge < -0.3 is 9.47 Å². The van der Waals surface area contributed by atoms with E-state index in [1.807, 2.05) is 11.0 Å². The third kappa shape index (κ3) is 4.71. The fourth-order valence-corrected chi connectivity index (χ4v) is 4.29. The number of aromatic nitrogens is 3. The predicted molar refractivity (Wildman–Crippen MR) is 110 cm³/mol. The summed E-state index contributed by atoms with van der Waals surface area (Å²) in [6.45, 7) is 12.9. The molecule has 2 heterocycles. The molecular weight excluding hydrogens is 358 g/mol. The van der Waals surface area contributed by atoms with Crippen molar-refractivity contribution >= 4 is 17.7 Å². The first kappa shape index (κ1) is 19.9. The highest BCUT2D eigenvalue weighted by Gasteiger charge is 2.23. The van der Waals surface area contributed by atoms with Crippen LogP contribution in [0.4, 0.5) is 0 Å². The molecule has 0 saturated carbocycles. The van der Waals surface area contributed by atoms with Crippen LogP contribution in [0.15, 0.2) is 29.4 Å². The lowest BCUT2D eigenvalue weighted by molar-refractivity contribution is -0.130. The van der Waals surface area contributed by atoms with Crippen molar-refractivity contribution in [1.29, 1.82) is 0 Å². The monoisotopic (exact) mass is 387 g/mol. The number of hydrogen-bond donors (Lipinski definition) is 0. The molecule has 0 bridgehead atoms. The van der Waals surface area contributed by atoms with Crippen LogP contribution in [0.3, 0.4) is 0 Å². The molecule has 0 aliphatic carbocycles. The van der Waals surface area contributed by atoms with Crippen LogP contribution >= 0.6 is 11.8 Å². The van der Waals surface area contributed by atoms with E-state index in [4.69, 9.17) is 0 Å². The zero-order valence-corrected chi connectivity index (χ0v) is 17.5. The fourth-order valence-electron chi connectivity index (χ4n) is 3.38. The zero-order valence-electron chi connectivity index (χ0n) is 16.7. The van der Waals surface area contributed by atoms with E-state index < -0.39 is 0 Å². The Morgan fingerprint density at radius 2 is 1.93 bits per heavy atom. The maximum absolute atomic E-state index is 12.6. The summed E-state index contributed by atoms with van der Waals surface area (Å²) in [6.07, 6.45) is 0. The van der Waals surface area contributed by atoms with Crippen molar-refractivity contribution in [2.24, 2.45) is 0 Å². The Kier molecular flexibility index (Phi) is 6.55. The van der Waals surface area contributed by atoms with Gasteiger partial charge in [-0.15, -0.1) is 10.2 Å². The molecule has 0 atom stereocenters. The number of benzene rings is 1. The summed E-state index contributed by atoms with van der Waals surface area (Å²) >= 11 is 1.48. The van der Waals surface area contributed by atoms with E-state index in [-0.39, 0.29) is 5.91 Å². The summed E-state index contributed by atoms with van der Waals surface area (Å²) in [6, 6.07) is 8.82. The van der Waals surface area contributed by atoms with Gasteiger partial charge in [0.25, 0.3) is 0 Å². The lowest BCUT2D eigenvalue weighted by Gasteiger charge is -2.36. The molecule has 1 fully saturated rings. The minimum Gasteiger partial charge on any atom is -0.339 e. The second kappa shape index (κ2) is 8.89. The molecular formula is C20H29N5OS. The molecule has 3 rings (SSSR count). The molecule has 1 aromatic heterocycles. The van der Waals surface area contributed by atoms with Gasteiger partial charge in [0.2, 0.25) is 5.91 Å². The Hall–Kier alpha value is -1.86. The van der Waals surface area contributed by atoms with Crippen molar-refractivity contribution in [2.75, 3.05) is 31.9 Å². The molecule has 1 aliphatic rings. The van der Waals surface area contributed by atoms with Crippen molar-refractivity contribution in [3.8, 4) is 11.4 Å². The third-order valence-corrected chi connectivity index (χ3v) is 5.98. The largest absolute Gasteiger partial charge is 0.339 e. The van der Waals surface area contributed by atoms with Gasteiger partial charge in [-0.3, -0.25) is 9.69 Å². The van der Waals surface area contributed by atoms with Crippen LogP contribution in [-0.2, 0) is 11.3 Å². The number of amides is 1. The van der Waals surface area contributed by atoms with Crippen molar-refractivity contribution in [3.05, 3.63) is 29.8 Å². The van der Waals surface area contributed by atoms with E-state index in [0.717, 1.165) is 49.3 Å². The second-order valence-electron chi connectivity index (χ2n) is 7.22. The number of aryl methyl sites for hydroxylation is 1. The van der Waals surface area contributed by atoms with Gasteiger partial charge in [-0.2, -0.15) is 0 Å². The molecule has 1 saturated heterocycles. The van der Waals surface area contributed by atoms with Crippen LogP contribution in [0, 0.1) is 6.92 Å². The fraction of sp³-hybridized carbons (Fsp3) is 0.550. The number of piperazine rings is 1. The number of hydrogen-bond acceptors (Lipinski definition) is 5. The van der Waals surface area contributed by atoms with Gasteiger partial charge in [0.15, 0.2) is 11.0 Å². The topological polar surface area (TPSA) is 54.3 Å². The molecule has 0 radical (unpaired) electrons. The minimum atomic E-state index is 0.186. The summed E-state index contributed by atoms with van der Waals surface area (Å²) < 4.78 is 2.09. The second-order valence-corrected chi connectivity index (χ2v) is 8.16. The minimum absolute atomic E-state index is 0.186. The molecule has 1 amide bonds. The summed E-state index contributed by atoms with van der Waals surface area (Å²) in [5.74, 6) is 1.46. The molecule has 0 spiro atoms. The molecule has 27 heavy (non-hydrogen) atoms. The van der Waals surface area contributed by atoms with Crippen LogP contribution in [-0.4, -0.2) is 68.4 Å². The molecule has 1 aliphatic heterocycles. The van der Waals surface area contributed by atoms with Gasteiger partial charge in [-0.1, -0.05) is 35.5 Å². The van der Waals surface area contributed by atoms with Crippen LogP contribution in [0.5, 0.6) is 0 Å². The van der Waals surface area contributed by atoms with E-state index in [0.29, 0.717) is 11.8 Å². The molecule has 6 nitrogen and oxygen atoms in total. The first-order valence-electron chi connectivity index (χ1n) is 9.64. The van der Waals surface area contributed by atoms with Crippen molar-refractivity contribution < 1.29 is 4.79 Å².